The Bertz CT molecular complexity index is 648. The molecule has 0 radical (unpaired) electrons. The van der Waals surface area contributed by atoms with Gasteiger partial charge >= 0.3 is 0 Å². The van der Waals surface area contributed by atoms with Crippen molar-refractivity contribution in [3.8, 4) is 0 Å². The molecule has 0 aromatic heterocycles. The van der Waals surface area contributed by atoms with Crippen LogP contribution in [-0.4, -0.2) is 35.8 Å². The van der Waals surface area contributed by atoms with E-state index in [1.165, 1.54) is 0 Å². The van der Waals surface area contributed by atoms with Crippen molar-refractivity contribution in [2.75, 3.05) is 6.54 Å². The van der Waals surface area contributed by atoms with Crippen molar-refractivity contribution < 1.29 is 14.4 Å². The number of carbonyl (C=O) groups excluding carboxylic acids is 3. The van der Waals surface area contributed by atoms with Gasteiger partial charge in [-0.25, -0.2) is 0 Å². The molecule has 144 valence electrons. The minimum absolute atomic E-state index is 0.120. The van der Waals surface area contributed by atoms with E-state index in [4.69, 9.17) is 0 Å². The topological polar surface area (TPSA) is 87.3 Å². The molecule has 1 aromatic carbocycles. The van der Waals surface area contributed by atoms with Crippen molar-refractivity contribution in [1.29, 1.82) is 0 Å². The average molecular weight is 361 g/mol. The quantitative estimate of drug-likeness (QED) is 0.695. The lowest BCUT2D eigenvalue weighted by Gasteiger charge is -2.23. The van der Waals surface area contributed by atoms with Crippen LogP contribution in [0.4, 0.5) is 0 Å². The first-order valence-electron chi connectivity index (χ1n) is 8.95. The van der Waals surface area contributed by atoms with E-state index in [2.05, 4.69) is 16.0 Å². The van der Waals surface area contributed by atoms with Gasteiger partial charge in [0.25, 0.3) is 5.91 Å². The van der Waals surface area contributed by atoms with Gasteiger partial charge in [0.2, 0.25) is 11.8 Å². The summed E-state index contributed by atoms with van der Waals surface area (Å²) in [7, 11) is 0. The van der Waals surface area contributed by atoms with Crippen LogP contribution < -0.4 is 16.0 Å². The number of rotatable bonds is 7. The summed E-state index contributed by atoms with van der Waals surface area (Å²) in [5, 5.41) is 8.20. The molecule has 0 fully saturated rings. The summed E-state index contributed by atoms with van der Waals surface area (Å²) in [5.41, 5.74) is 1.02. The standard InChI is InChI=1S/C20H31N3O3/c1-13(2)11-16(19(26)21-12-17(24)23-20(4,5)6)22-18(25)15-10-8-7-9-14(15)3/h7-10,13,16H,11-12H2,1-6H3,(H,21,26)(H,22,25)(H,23,24). The predicted molar refractivity (Wildman–Crippen MR) is 103 cm³/mol. The molecule has 0 heterocycles. The molecule has 0 aliphatic rings. The fraction of sp³-hybridized carbons (Fsp3) is 0.550. The second-order valence-electron chi connectivity index (χ2n) is 7.99. The summed E-state index contributed by atoms with van der Waals surface area (Å²) in [5.74, 6) is -0.696. The monoisotopic (exact) mass is 361 g/mol. The molecule has 0 saturated heterocycles. The largest absolute Gasteiger partial charge is 0.350 e. The third kappa shape index (κ3) is 7.68. The van der Waals surface area contributed by atoms with Gasteiger partial charge in [-0.2, -0.15) is 0 Å². The maximum Gasteiger partial charge on any atom is 0.252 e. The van der Waals surface area contributed by atoms with Crippen LogP contribution in [0.15, 0.2) is 24.3 Å². The molecular formula is C20H31N3O3. The van der Waals surface area contributed by atoms with E-state index in [-0.39, 0.29) is 35.7 Å². The van der Waals surface area contributed by atoms with Crippen LogP contribution in [0.5, 0.6) is 0 Å². The van der Waals surface area contributed by atoms with Crippen LogP contribution in [0.3, 0.4) is 0 Å². The number of hydrogen-bond donors (Lipinski definition) is 3. The summed E-state index contributed by atoms with van der Waals surface area (Å²) in [6, 6.07) is 6.54. The van der Waals surface area contributed by atoms with Crippen LogP contribution in [0, 0.1) is 12.8 Å². The lowest BCUT2D eigenvalue weighted by Crippen LogP contribution is -2.51. The molecule has 0 spiro atoms. The second kappa shape index (κ2) is 9.36. The van der Waals surface area contributed by atoms with Gasteiger partial charge in [-0.05, 0) is 51.7 Å². The Hall–Kier alpha value is -2.37. The lowest BCUT2D eigenvalue weighted by atomic mass is 10.0. The van der Waals surface area contributed by atoms with Gasteiger partial charge in [0.05, 0.1) is 6.54 Å². The first kappa shape index (κ1) is 21.7. The van der Waals surface area contributed by atoms with E-state index in [1.54, 1.807) is 12.1 Å². The number of aryl methyl sites for hydroxylation is 1. The Morgan fingerprint density at radius 2 is 1.69 bits per heavy atom. The van der Waals surface area contributed by atoms with Crippen molar-refractivity contribution in [3.05, 3.63) is 35.4 Å². The SMILES string of the molecule is Cc1ccccc1C(=O)NC(CC(C)C)C(=O)NCC(=O)NC(C)(C)C. The normalized spacial score (nSPS) is 12.4. The molecule has 26 heavy (non-hydrogen) atoms. The Labute approximate surface area is 156 Å². The molecule has 6 heteroatoms. The van der Waals surface area contributed by atoms with E-state index in [9.17, 15) is 14.4 Å². The highest BCUT2D eigenvalue weighted by atomic mass is 16.2. The van der Waals surface area contributed by atoms with Crippen LogP contribution in [0.25, 0.3) is 0 Å². The van der Waals surface area contributed by atoms with Crippen molar-refractivity contribution in [2.45, 2.75) is 59.5 Å². The molecule has 0 bridgehead atoms. The first-order valence-corrected chi connectivity index (χ1v) is 8.95. The van der Waals surface area contributed by atoms with Gasteiger partial charge in [0.15, 0.2) is 0 Å². The molecule has 1 rings (SSSR count). The molecule has 3 N–H and O–H groups in total. The number of benzene rings is 1. The van der Waals surface area contributed by atoms with E-state index in [0.29, 0.717) is 12.0 Å². The maximum absolute atomic E-state index is 12.5. The Kier molecular flexibility index (Phi) is 7.80. The van der Waals surface area contributed by atoms with Gasteiger partial charge in [0.1, 0.15) is 6.04 Å². The Morgan fingerprint density at radius 3 is 2.23 bits per heavy atom. The van der Waals surface area contributed by atoms with Gasteiger partial charge < -0.3 is 16.0 Å². The zero-order valence-corrected chi connectivity index (χ0v) is 16.6. The zero-order chi connectivity index (χ0) is 19.9. The van der Waals surface area contributed by atoms with Crippen molar-refractivity contribution >= 4 is 17.7 Å². The van der Waals surface area contributed by atoms with Gasteiger partial charge in [-0.3, -0.25) is 14.4 Å². The third-order valence-corrected chi connectivity index (χ3v) is 3.66. The van der Waals surface area contributed by atoms with Crippen LogP contribution in [0.2, 0.25) is 0 Å². The highest BCUT2D eigenvalue weighted by Crippen LogP contribution is 2.10. The molecule has 6 nitrogen and oxygen atoms in total. The van der Waals surface area contributed by atoms with Gasteiger partial charge in [-0.15, -0.1) is 0 Å². The van der Waals surface area contributed by atoms with E-state index in [1.807, 2.05) is 53.7 Å². The van der Waals surface area contributed by atoms with E-state index < -0.39 is 6.04 Å². The fourth-order valence-corrected chi connectivity index (χ4v) is 2.52. The van der Waals surface area contributed by atoms with Crippen LogP contribution in [0.1, 0.15) is 57.0 Å². The summed E-state index contributed by atoms with van der Waals surface area (Å²) in [6.07, 6.45) is 0.490. The van der Waals surface area contributed by atoms with Crippen molar-refractivity contribution in [3.63, 3.8) is 0 Å². The number of nitrogens with one attached hydrogen (secondary N) is 3. The summed E-state index contributed by atoms with van der Waals surface area (Å²) in [4.78, 5) is 36.9. The van der Waals surface area contributed by atoms with Crippen molar-refractivity contribution in [1.82, 2.24) is 16.0 Å². The second-order valence-corrected chi connectivity index (χ2v) is 7.99. The molecule has 1 aromatic rings. The number of carbonyl (C=O) groups is 3. The molecule has 1 unspecified atom stereocenters. The molecule has 1 atom stereocenters. The minimum Gasteiger partial charge on any atom is -0.350 e. The lowest BCUT2D eigenvalue weighted by molar-refractivity contribution is -0.128. The van der Waals surface area contributed by atoms with E-state index >= 15 is 0 Å². The molecular weight excluding hydrogens is 330 g/mol. The zero-order valence-electron chi connectivity index (χ0n) is 16.6. The smallest absolute Gasteiger partial charge is 0.252 e. The van der Waals surface area contributed by atoms with Crippen molar-refractivity contribution in [2.24, 2.45) is 5.92 Å². The number of amides is 3. The third-order valence-electron chi connectivity index (χ3n) is 3.66. The summed E-state index contributed by atoms with van der Waals surface area (Å²) < 4.78 is 0. The first-order chi connectivity index (χ1) is 12.0. The molecule has 0 aliphatic carbocycles. The summed E-state index contributed by atoms with van der Waals surface area (Å²) >= 11 is 0. The highest BCUT2D eigenvalue weighted by molar-refractivity contribution is 5.99. The van der Waals surface area contributed by atoms with Crippen LogP contribution >= 0.6 is 0 Å². The summed E-state index contributed by atoms with van der Waals surface area (Å²) in [6.45, 7) is 11.3. The van der Waals surface area contributed by atoms with Gasteiger partial charge in [0, 0.05) is 11.1 Å². The molecule has 3 amide bonds. The highest BCUT2D eigenvalue weighted by Gasteiger charge is 2.24. The fourth-order valence-electron chi connectivity index (χ4n) is 2.52. The maximum atomic E-state index is 12.5. The number of hydrogen-bond acceptors (Lipinski definition) is 3. The van der Waals surface area contributed by atoms with Gasteiger partial charge in [-0.1, -0.05) is 32.0 Å². The predicted octanol–water partition coefficient (Wildman–Crippen LogP) is 2.17. The molecule has 0 aliphatic heterocycles. The minimum atomic E-state index is -0.690. The molecule has 0 saturated carbocycles. The van der Waals surface area contributed by atoms with E-state index in [0.717, 1.165) is 5.56 Å². The van der Waals surface area contributed by atoms with Crippen LogP contribution in [-0.2, 0) is 9.59 Å². The Morgan fingerprint density at radius 1 is 1.08 bits per heavy atom. The average Bonchev–Trinajstić information content (AvgIpc) is 2.50. The Balaban J connectivity index is 2.73.